The second kappa shape index (κ2) is 5.81. The third kappa shape index (κ3) is 5.02. The minimum atomic E-state index is -0.903. The Labute approximate surface area is 86.4 Å². The van der Waals surface area contributed by atoms with E-state index in [1.807, 2.05) is 0 Å². The monoisotopic (exact) mass is 199 g/mol. The van der Waals surface area contributed by atoms with Gasteiger partial charge in [0.2, 0.25) is 0 Å². The predicted octanol–water partition coefficient (Wildman–Crippen LogP) is 1.99. The topological polar surface area (TPSA) is 40.5 Å². The van der Waals surface area contributed by atoms with Crippen molar-refractivity contribution in [3.05, 3.63) is 12.2 Å². The van der Waals surface area contributed by atoms with E-state index in [1.54, 1.807) is 0 Å². The molecule has 0 fully saturated rings. The predicted molar refractivity (Wildman–Crippen MR) is 58.3 cm³/mol. The van der Waals surface area contributed by atoms with Crippen LogP contribution in [0.3, 0.4) is 0 Å². The smallest absolute Gasteiger partial charge is 0.332 e. The van der Waals surface area contributed by atoms with Crippen molar-refractivity contribution in [3.8, 4) is 0 Å². The minimum Gasteiger partial charge on any atom is -0.478 e. The van der Waals surface area contributed by atoms with E-state index in [4.69, 9.17) is 5.11 Å². The Hall–Kier alpha value is -0.830. The zero-order chi connectivity index (χ0) is 11.3. The Bertz CT molecular complexity index is 209. The molecule has 0 aliphatic heterocycles. The van der Waals surface area contributed by atoms with Crippen LogP contribution in [0.25, 0.3) is 0 Å². The average Bonchev–Trinajstić information content (AvgIpc) is 2.01. The van der Waals surface area contributed by atoms with Gasteiger partial charge in [0.1, 0.15) is 0 Å². The summed E-state index contributed by atoms with van der Waals surface area (Å²) in [7, 11) is 0. The molecule has 0 radical (unpaired) electrons. The Balaban J connectivity index is 4.23. The van der Waals surface area contributed by atoms with Crippen molar-refractivity contribution in [1.82, 2.24) is 4.90 Å². The van der Waals surface area contributed by atoms with Gasteiger partial charge < -0.3 is 5.11 Å². The van der Waals surface area contributed by atoms with Crippen molar-refractivity contribution in [1.29, 1.82) is 0 Å². The van der Waals surface area contributed by atoms with Crippen molar-refractivity contribution in [2.24, 2.45) is 5.92 Å². The molecule has 1 N–H and O–H groups in total. The van der Waals surface area contributed by atoms with Crippen LogP contribution in [0.5, 0.6) is 0 Å². The number of aliphatic carboxylic acids is 1. The van der Waals surface area contributed by atoms with Crippen molar-refractivity contribution >= 4 is 5.97 Å². The highest BCUT2D eigenvalue weighted by molar-refractivity contribution is 5.86. The van der Waals surface area contributed by atoms with E-state index in [0.717, 1.165) is 6.54 Å². The molecule has 14 heavy (non-hydrogen) atoms. The first-order valence-electron chi connectivity index (χ1n) is 4.99. The van der Waals surface area contributed by atoms with Gasteiger partial charge in [0, 0.05) is 24.7 Å². The van der Waals surface area contributed by atoms with E-state index in [-0.39, 0.29) is 5.57 Å². The number of carbonyl (C=O) groups is 1. The Morgan fingerprint density at radius 3 is 2.14 bits per heavy atom. The summed E-state index contributed by atoms with van der Waals surface area (Å²) in [6, 6.07) is 0.355. The normalized spacial score (nSPS) is 11.4. The van der Waals surface area contributed by atoms with E-state index in [0.29, 0.717) is 18.5 Å². The standard InChI is InChI=1S/C11H21NO2/c1-8(2)6-12(9(3)4)7-10(5)11(13)14/h8-9H,5-7H2,1-4H3,(H,13,14). The summed E-state index contributed by atoms with van der Waals surface area (Å²) in [6.45, 7) is 13.3. The molecule has 0 aliphatic carbocycles. The van der Waals surface area contributed by atoms with Crippen LogP contribution in [0.4, 0.5) is 0 Å². The largest absolute Gasteiger partial charge is 0.478 e. The molecule has 0 saturated carbocycles. The summed E-state index contributed by atoms with van der Waals surface area (Å²) >= 11 is 0. The number of carboxylic acids is 1. The second-order valence-corrected chi connectivity index (χ2v) is 4.33. The van der Waals surface area contributed by atoms with Gasteiger partial charge >= 0.3 is 5.97 Å². The number of rotatable bonds is 6. The zero-order valence-electron chi connectivity index (χ0n) is 9.58. The molecule has 0 aromatic heterocycles. The Kier molecular flexibility index (Phi) is 5.46. The number of hydrogen-bond donors (Lipinski definition) is 1. The fraction of sp³-hybridized carbons (Fsp3) is 0.727. The summed E-state index contributed by atoms with van der Waals surface area (Å²) in [4.78, 5) is 12.7. The van der Waals surface area contributed by atoms with Crippen LogP contribution in [0.15, 0.2) is 12.2 Å². The minimum absolute atomic E-state index is 0.263. The quantitative estimate of drug-likeness (QED) is 0.665. The fourth-order valence-corrected chi connectivity index (χ4v) is 1.24. The first kappa shape index (κ1) is 13.2. The van der Waals surface area contributed by atoms with E-state index >= 15 is 0 Å². The van der Waals surface area contributed by atoms with Crippen molar-refractivity contribution in [3.63, 3.8) is 0 Å². The van der Waals surface area contributed by atoms with Crippen molar-refractivity contribution < 1.29 is 9.90 Å². The van der Waals surface area contributed by atoms with Crippen LogP contribution < -0.4 is 0 Å². The first-order valence-corrected chi connectivity index (χ1v) is 4.99. The van der Waals surface area contributed by atoms with E-state index < -0.39 is 5.97 Å². The van der Waals surface area contributed by atoms with Crippen LogP contribution in [0.1, 0.15) is 27.7 Å². The van der Waals surface area contributed by atoms with Crippen molar-refractivity contribution in [2.75, 3.05) is 13.1 Å². The van der Waals surface area contributed by atoms with Gasteiger partial charge in [0.25, 0.3) is 0 Å². The first-order chi connectivity index (χ1) is 6.34. The molecule has 3 heteroatoms. The number of nitrogens with zero attached hydrogens (tertiary/aromatic N) is 1. The Morgan fingerprint density at radius 1 is 1.36 bits per heavy atom. The summed E-state index contributed by atoms with van der Waals surface area (Å²) in [5.74, 6) is -0.363. The molecule has 0 spiro atoms. The molecule has 0 unspecified atom stereocenters. The van der Waals surface area contributed by atoms with Crippen LogP contribution in [0.2, 0.25) is 0 Å². The zero-order valence-corrected chi connectivity index (χ0v) is 9.58. The summed E-state index contributed by atoms with van der Waals surface area (Å²) in [6.07, 6.45) is 0. The highest BCUT2D eigenvalue weighted by atomic mass is 16.4. The SMILES string of the molecule is C=C(CN(CC(C)C)C(C)C)C(=O)O. The molecule has 0 heterocycles. The molecule has 0 bridgehead atoms. The van der Waals surface area contributed by atoms with Gasteiger partial charge in [-0.05, 0) is 19.8 Å². The maximum absolute atomic E-state index is 10.6. The van der Waals surface area contributed by atoms with Crippen LogP contribution >= 0.6 is 0 Å². The second-order valence-electron chi connectivity index (χ2n) is 4.33. The third-order valence-corrected chi connectivity index (χ3v) is 2.03. The average molecular weight is 199 g/mol. The molecule has 3 nitrogen and oxygen atoms in total. The lowest BCUT2D eigenvalue weighted by Gasteiger charge is -2.28. The highest BCUT2D eigenvalue weighted by Crippen LogP contribution is 2.07. The number of hydrogen-bond acceptors (Lipinski definition) is 2. The maximum Gasteiger partial charge on any atom is 0.332 e. The van der Waals surface area contributed by atoms with Gasteiger partial charge in [-0.3, -0.25) is 4.90 Å². The van der Waals surface area contributed by atoms with Crippen LogP contribution in [-0.2, 0) is 4.79 Å². The molecule has 0 amide bonds. The molecule has 0 saturated heterocycles. The van der Waals surface area contributed by atoms with Crippen molar-refractivity contribution in [2.45, 2.75) is 33.7 Å². The van der Waals surface area contributed by atoms with E-state index in [2.05, 4.69) is 39.2 Å². The molecular weight excluding hydrogens is 178 g/mol. The Morgan fingerprint density at radius 2 is 1.86 bits per heavy atom. The third-order valence-electron chi connectivity index (χ3n) is 2.03. The molecule has 82 valence electrons. The molecule has 0 rings (SSSR count). The van der Waals surface area contributed by atoms with Gasteiger partial charge in [0.15, 0.2) is 0 Å². The van der Waals surface area contributed by atoms with Gasteiger partial charge in [-0.2, -0.15) is 0 Å². The van der Waals surface area contributed by atoms with E-state index in [1.165, 1.54) is 0 Å². The van der Waals surface area contributed by atoms with Gasteiger partial charge in [0.05, 0.1) is 0 Å². The lowest BCUT2D eigenvalue weighted by Crippen LogP contribution is -2.36. The molecular formula is C11H21NO2. The van der Waals surface area contributed by atoms with Crippen LogP contribution in [0, 0.1) is 5.92 Å². The molecule has 0 aromatic carbocycles. The lowest BCUT2D eigenvalue weighted by molar-refractivity contribution is -0.132. The summed E-state index contributed by atoms with van der Waals surface area (Å²) in [5, 5.41) is 8.72. The molecule has 0 atom stereocenters. The van der Waals surface area contributed by atoms with E-state index in [9.17, 15) is 4.79 Å². The fourth-order valence-electron chi connectivity index (χ4n) is 1.24. The van der Waals surface area contributed by atoms with Gasteiger partial charge in [-0.15, -0.1) is 0 Å². The van der Waals surface area contributed by atoms with Crippen LogP contribution in [-0.4, -0.2) is 35.1 Å². The molecule has 0 aromatic rings. The highest BCUT2D eigenvalue weighted by Gasteiger charge is 2.15. The molecule has 0 aliphatic rings. The summed E-state index contributed by atoms with van der Waals surface area (Å²) < 4.78 is 0. The van der Waals surface area contributed by atoms with Gasteiger partial charge in [-0.1, -0.05) is 20.4 Å². The maximum atomic E-state index is 10.6. The number of carboxylic acid groups (broad SMARTS) is 1. The lowest BCUT2D eigenvalue weighted by atomic mass is 10.1. The summed E-state index contributed by atoms with van der Waals surface area (Å²) in [5.41, 5.74) is 0.263. The van der Waals surface area contributed by atoms with Gasteiger partial charge in [-0.25, -0.2) is 4.79 Å².